The molecule has 0 saturated carbocycles. The molecule has 0 aliphatic rings. The van der Waals surface area contributed by atoms with Gasteiger partial charge in [-0.3, -0.25) is 5.10 Å². The lowest BCUT2D eigenvalue weighted by atomic mass is 10.1. The van der Waals surface area contributed by atoms with Gasteiger partial charge in [0.25, 0.3) is 0 Å². The first-order chi connectivity index (χ1) is 13.1. The van der Waals surface area contributed by atoms with E-state index in [4.69, 9.17) is 31.5 Å². The molecule has 142 valence electrons. The summed E-state index contributed by atoms with van der Waals surface area (Å²) >= 11 is 5.86. The van der Waals surface area contributed by atoms with Gasteiger partial charge in [-0.1, -0.05) is 17.7 Å². The number of ether oxygens (including phenoxy) is 3. The Morgan fingerprint density at radius 2 is 1.89 bits per heavy atom. The number of H-pyrrole nitrogens is 1. The molecular formula is C19H21ClN4O3. The first-order valence-electron chi connectivity index (χ1n) is 8.46. The Labute approximate surface area is 162 Å². The van der Waals surface area contributed by atoms with Gasteiger partial charge >= 0.3 is 0 Å². The van der Waals surface area contributed by atoms with E-state index in [-0.39, 0.29) is 6.61 Å². The summed E-state index contributed by atoms with van der Waals surface area (Å²) in [6.07, 6.45) is 0. The SMILES string of the molecule is CCOc1ccc([C@H](N)c2n[nH]c(COc3ccc(Cl)cc3)n2)cc1OC. The third-order valence-corrected chi connectivity index (χ3v) is 4.11. The smallest absolute Gasteiger partial charge is 0.172 e. The minimum atomic E-state index is -0.505. The second kappa shape index (κ2) is 8.75. The van der Waals surface area contributed by atoms with Crippen molar-refractivity contribution in [2.24, 2.45) is 5.73 Å². The largest absolute Gasteiger partial charge is 0.493 e. The van der Waals surface area contributed by atoms with Crippen LogP contribution in [-0.4, -0.2) is 28.9 Å². The van der Waals surface area contributed by atoms with E-state index in [9.17, 15) is 0 Å². The molecule has 0 aliphatic heterocycles. The highest BCUT2D eigenvalue weighted by Crippen LogP contribution is 2.31. The number of aromatic amines is 1. The van der Waals surface area contributed by atoms with Crippen LogP contribution in [0.4, 0.5) is 0 Å². The molecule has 0 saturated heterocycles. The predicted octanol–water partition coefficient (Wildman–Crippen LogP) is 3.49. The topological polar surface area (TPSA) is 95.3 Å². The minimum Gasteiger partial charge on any atom is -0.493 e. The van der Waals surface area contributed by atoms with Crippen molar-refractivity contribution in [1.82, 2.24) is 15.2 Å². The molecular weight excluding hydrogens is 368 g/mol. The molecule has 1 atom stereocenters. The highest BCUT2D eigenvalue weighted by atomic mass is 35.5. The highest BCUT2D eigenvalue weighted by molar-refractivity contribution is 6.30. The molecule has 0 spiro atoms. The van der Waals surface area contributed by atoms with Gasteiger partial charge in [-0.05, 0) is 48.9 Å². The van der Waals surface area contributed by atoms with Crippen LogP contribution in [-0.2, 0) is 6.61 Å². The van der Waals surface area contributed by atoms with Crippen LogP contribution in [0.1, 0.15) is 30.2 Å². The normalized spacial score (nSPS) is 11.9. The van der Waals surface area contributed by atoms with Gasteiger partial charge in [-0.2, -0.15) is 5.10 Å². The van der Waals surface area contributed by atoms with Crippen molar-refractivity contribution in [3.8, 4) is 17.2 Å². The van der Waals surface area contributed by atoms with Crippen molar-refractivity contribution < 1.29 is 14.2 Å². The summed E-state index contributed by atoms with van der Waals surface area (Å²) in [7, 11) is 1.59. The molecule has 0 bridgehead atoms. The van der Waals surface area contributed by atoms with Gasteiger partial charge < -0.3 is 19.9 Å². The molecule has 27 heavy (non-hydrogen) atoms. The number of hydrogen-bond acceptors (Lipinski definition) is 6. The zero-order valence-corrected chi connectivity index (χ0v) is 15.9. The average molecular weight is 389 g/mol. The second-order valence-corrected chi connectivity index (χ2v) is 6.14. The maximum atomic E-state index is 6.30. The second-order valence-electron chi connectivity index (χ2n) is 5.70. The van der Waals surface area contributed by atoms with Gasteiger partial charge in [0.15, 0.2) is 23.1 Å². The van der Waals surface area contributed by atoms with E-state index in [0.29, 0.717) is 40.5 Å². The Balaban J connectivity index is 1.69. The van der Waals surface area contributed by atoms with Crippen LogP contribution >= 0.6 is 11.6 Å². The van der Waals surface area contributed by atoms with Crippen LogP contribution in [0.2, 0.25) is 5.02 Å². The van der Waals surface area contributed by atoms with E-state index in [2.05, 4.69) is 15.2 Å². The predicted molar refractivity (Wildman–Crippen MR) is 102 cm³/mol. The fourth-order valence-electron chi connectivity index (χ4n) is 2.50. The third-order valence-electron chi connectivity index (χ3n) is 3.86. The number of nitrogens with two attached hydrogens (primary N) is 1. The fourth-order valence-corrected chi connectivity index (χ4v) is 2.62. The maximum absolute atomic E-state index is 6.30. The molecule has 1 aromatic heterocycles. The molecule has 0 unspecified atom stereocenters. The molecule has 0 amide bonds. The summed E-state index contributed by atoms with van der Waals surface area (Å²) in [5.74, 6) is 3.02. The van der Waals surface area contributed by atoms with E-state index in [1.807, 2.05) is 25.1 Å². The Morgan fingerprint density at radius 1 is 1.11 bits per heavy atom. The number of halogens is 1. The molecule has 0 aliphatic carbocycles. The Bertz CT molecular complexity index is 883. The summed E-state index contributed by atoms with van der Waals surface area (Å²) in [5, 5.41) is 7.70. The van der Waals surface area contributed by atoms with E-state index in [0.717, 1.165) is 5.56 Å². The van der Waals surface area contributed by atoms with Crippen LogP contribution in [0.15, 0.2) is 42.5 Å². The first-order valence-corrected chi connectivity index (χ1v) is 8.84. The molecule has 3 rings (SSSR count). The zero-order chi connectivity index (χ0) is 19.2. The minimum absolute atomic E-state index is 0.244. The number of hydrogen-bond donors (Lipinski definition) is 2. The summed E-state index contributed by atoms with van der Waals surface area (Å²) in [5.41, 5.74) is 7.12. The van der Waals surface area contributed by atoms with E-state index in [1.54, 1.807) is 31.4 Å². The molecule has 3 aromatic rings. The maximum Gasteiger partial charge on any atom is 0.172 e. The monoisotopic (exact) mass is 388 g/mol. The van der Waals surface area contributed by atoms with E-state index < -0.39 is 6.04 Å². The fraction of sp³-hybridized carbons (Fsp3) is 0.263. The summed E-state index contributed by atoms with van der Waals surface area (Å²) in [4.78, 5) is 4.42. The van der Waals surface area contributed by atoms with Gasteiger partial charge in [0.1, 0.15) is 12.4 Å². The molecule has 2 aromatic carbocycles. The van der Waals surface area contributed by atoms with Crippen molar-refractivity contribution in [3.05, 3.63) is 64.7 Å². The van der Waals surface area contributed by atoms with Gasteiger partial charge in [0.05, 0.1) is 19.8 Å². The number of aromatic nitrogens is 3. The molecule has 7 nitrogen and oxygen atoms in total. The number of benzene rings is 2. The van der Waals surface area contributed by atoms with E-state index in [1.165, 1.54) is 0 Å². The Morgan fingerprint density at radius 3 is 2.59 bits per heavy atom. The third kappa shape index (κ3) is 4.69. The summed E-state index contributed by atoms with van der Waals surface area (Å²) < 4.78 is 16.5. The quantitative estimate of drug-likeness (QED) is 0.613. The number of nitrogens with one attached hydrogen (secondary N) is 1. The molecule has 0 fully saturated rings. The van der Waals surface area contributed by atoms with Crippen LogP contribution in [0.3, 0.4) is 0 Å². The van der Waals surface area contributed by atoms with Crippen LogP contribution < -0.4 is 19.9 Å². The van der Waals surface area contributed by atoms with E-state index >= 15 is 0 Å². The summed E-state index contributed by atoms with van der Waals surface area (Å²) in [6, 6.07) is 12.1. The van der Waals surface area contributed by atoms with Gasteiger partial charge in [0, 0.05) is 5.02 Å². The van der Waals surface area contributed by atoms with Crippen LogP contribution in [0.5, 0.6) is 17.2 Å². The lowest BCUT2D eigenvalue weighted by Crippen LogP contribution is -2.14. The van der Waals surface area contributed by atoms with Gasteiger partial charge in [0.2, 0.25) is 0 Å². The number of nitrogens with zero attached hydrogens (tertiary/aromatic N) is 2. The highest BCUT2D eigenvalue weighted by Gasteiger charge is 2.17. The number of rotatable bonds is 8. The molecule has 3 N–H and O–H groups in total. The Hall–Kier alpha value is -2.77. The Kier molecular flexibility index (Phi) is 6.16. The average Bonchev–Trinajstić information content (AvgIpc) is 3.16. The first kappa shape index (κ1) is 19.0. The van der Waals surface area contributed by atoms with Crippen LogP contribution in [0.25, 0.3) is 0 Å². The molecule has 0 radical (unpaired) electrons. The lowest BCUT2D eigenvalue weighted by molar-refractivity contribution is 0.296. The zero-order valence-electron chi connectivity index (χ0n) is 15.1. The van der Waals surface area contributed by atoms with Crippen LogP contribution in [0, 0.1) is 0 Å². The van der Waals surface area contributed by atoms with Gasteiger partial charge in [-0.25, -0.2) is 4.98 Å². The number of methoxy groups -OCH3 is 1. The van der Waals surface area contributed by atoms with Gasteiger partial charge in [-0.15, -0.1) is 0 Å². The standard InChI is InChI=1S/C19H21ClN4O3/c1-3-26-15-9-4-12(10-16(15)25-2)18(21)19-22-17(23-24-19)11-27-14-7-5-13(20)6-8-14/h4-10,18H,3,11,21H2,1-2H3,(H,22,23,24)/t18-/m0/s1. The van der Waals surface area contributed by atoms with Crippen molar-refractivity contribution in [2.75, 3.05) is 13.7 Å². The molecule has 1 heterocycles. The van der Waals surface area contributed by atoms with Crippen molar-refractivity contribution in [1.29, 1.82) is 0 Å². The molecule has 8 heteroatoms. The van der Waals surface area contributed by atoms with Crippen molar-refractivity contribution in [3.63, 3.8) is 0 Å². The van der Waals surface area contributed by atoms with Crippen molar-refractivity contribution >= 4 is 11.6 Å². The van der Waals surface area contributed by atoms with Crippen molar-refractivity contribution in [2.45, 2.75) is 19.6 Å². The lowest BCUT2D eigenvalue weighted by Gasteiger charge is -2.13. The summed E-state index contributed by atoms with van der Waals surface area (Å²) in [6.45, 7) is 2.72.